The van der Waals surface area contributed by atoms with Crippen molar-refractivity contribution in [3.63, 3.8) is 0 Å². The van der Waals surface area contributed by atoms with Crippen LogP contribution in [0.3, 0.4) is 0 Å². The highest BCUT2D eigenvalue weighted by Crippen LogP contribution is 2.29. The van der Waals surface area contributed by atoms with Crippen LogP contribution in [0, 0.1) is 24.0 Å². The molecular formula is C17H15NO5. The summed E-state index contributed by atoms with van der Waals surface area (Å²) in [7, 11) is 0. The summed E-state index contributed by atoms with van der Waals surface area (Å²) >= 11 is 0. The fourth-order valence-electron chi connectivity index (χ4n) is 2.31. The van der Waals surface area contributed by atoms with Crippen molar-refractivity contribution in [1.29, 1.82) is 0 Å². The molecule has 0 spiro atoms. The average Bonchev–Trinajstić information content (AvgIpc) is 2.46. The summed E-state index contributed by atoms with van der Waals surface area (Å²) in [5, 5.41) is 29.8. The Hall–Kier alpha value is -3.15. The van der Waals surface area contributed by atoms with E-state index in [9.17, 15) is 25.1 Å². The lowest BCUT2D eigenvalue weighted by Crippen LogP contribution is -2.02. The maximum absolute atomic E-state index is 11.6. The second-order valence-electron chi connectivity index (χ2n) is 5.19. The first-order chi connectivity index (χ1) is 10.8. The van der Waals surface area contributed by atoms with E-state index in [1.807, 2.05) is 13.0 Å². The first-order valence-electron chi connectivity index (χ1n) is 6.79. The summed E-state index contributed by atoms with van der Waals surface area (Å²) < 4.78 is 0. The minimum atomic E-state index is -1.13. The van der Waals surface area contributed by atoms with Crippen LogP contribution < -0.4 is 0 Å². The van der Waals surface area contributed by atoms with Crippen molar-refractivity contribution in [2.24, 2.45) is 0 Å². The van der Waals surface area contributed by atoms with Gasteiger partial charge in [0.1, 0.15) is 0 Å². The minimum Gasteiger partial charge on any atom is -0.502 e. The van der Waals surface area contributed by atoms with Gasteiger partial charge in [-0.15, -0.1) is 0 Å². The van der Waals surface area contributed by atoms with Crippen LogP contribution in [-0.2, 0) is 4.79 Å². The van der Waals surface area contributed by atoms with Crippen molar-refractivity contribution < 1.29 is 19.9 Å². The molecule has 0 aliphatic heterocycles. The van der Waals surface area contributed by atoms with Crippen molar-refractivity contribution in [3.8, 4) is 5.75 Å². The van der Waals surface area contributed by atoms with Crippen LogP contribution in [0.4, 0.5) is 5.69 Å². The molecule has 0 fully saturated rings. The van der Waals surface area contributed by atoms with Gasteiger partial charge >= 0.3 is 11.7 Å². The summed E-state index contributed by atoms with van der Waals surface area (Å²) in [4.78, 5) is 21.7. The molecule has 2 aromatic carbocycles. The number of hydrogen-bond donors (Lipinski definition) is 2. The van der Waals surface area contributed by atoms with Crippen LogP contribution in [-0.4, -0.2) is 21.1 Å². The molecule has 0 unspecified atom stereocenters. The SMILES string of the molecule is Cc1ccc(/C(=C/c2ccc(O)c([N+](=O)[O-])c2)C(=O)O)c(C)c1. The number of nitro benzene ring substituents is 1. The Labute approximate surface area is 132 Å². The number of phenolic OH excluding ortho intramolecular Hbond substituents is 1. The number of aliphatic carboxylic acids is 1. The summed E-state index contributed by atoms with van der Waals surface area (Å²) in [6.07, 6.45) is 1.35. The van der Waals surface area contributed by atoms with Gasteiger partial charge in [-0.05, 0) is 42.7 Å². The Bertz CT molecular complexity index is 824. The zero-order chi connectivity index (χ0) is 17.1. The lowest BCUT2D eigenvalue weighted by molar-refractivity contribution is -0.385. The van der Waals surface area contributed by atoms with E-state index in [0.29, 0.717) is 11.1 Å². The van der Waals surface area contributed by atoms with Crippen LogP contribution in [0.1, 0.15) is 22.3 Å². The van der Waals surface area contributed by atoms with Crippen LogP contribution in [0.5, 0.6) is 5.75 Å². The first kappa shape index (κ1) is 16.2. The fourth-order valence-corrected chi connectivity index (χ4v) is 2.31. The summed E-state index contributed by atoms with van der Waals surface area (Å²) in [6, 6.07) is 9.12. The number of aromatic hydroxyl groups is 1. The van der Waals surface area contributed by atoms with Gasteiger partial charge in [-0.1, -0.05) is 29.8 Å². The topological polar surface area (TPSA) is 101 Å². The van der Waals surface area contributed by atoms with Gasteiger partial charge in [0.25, 0.3) is 0 Å². The molecule has 23 heavy (non-hydrogen) atoms. The number of hydrogen-bond acceptors (Lipinski definition) is 4. The number of phenols is 1. The standard InChI is InChI=1S/C17H15NO5/c1-10-3-5-13(11(2)7-10)14(17(20)21)8-12-4-6-16(19)15(9-12)18(22)23/h3-9,19H,1-2H3,(H,20,21)/b14-8-. The maximum atomic E-state index is 11.6. The molecule has 6 nitrogen and oxygen atoms in total. The fraction of sp³-hybridized carbons (Fsp3) is 0.118. The summed E-state index contributed by atoms with van der Waals surface area (Å²) in [6.45, 7) is 3.71. The Morgan fingerprint density at radius 2 is 1.87 bits per heavy atom. The van der Waals surface area contributed by atoms with Gasteiger partial charge in [0.2, 0.25) is 0 Å². The number of aryl methyl sites for hydroxylation is 2. The molecule has 0 aromatic heterocycles. The molecule has 0 amide bonds. The van der Waals surface area contributed by atoms with Crippen LogP contribution in [0.15, 0.2) is 36.4 Å². The second kappa shape index (κ2) is 6.31. The molecule has 6 heteroatoms. The molecule has 0 aliphatic rings. The Morgan fingerprint density at radius 1 is 1.17 bits per heavy atom. The highest BCUT2D eigenvalue weighted by atomic mass is 16.6. The van der Waals surface area contributed by atoms with Crippen molar-refractivity contribution in [3.05, 3.63) is 68.8 Å². The largest absolute Gasteiger partial charge is 0.502 e. The highest BCUT2D eigenvalue weighted by Gasteiger charge is 2.16. The lowest BCUT2D eigenvalue weighted by atomic mass is 9.97. The molecule has 0 saturated carbocycles. The van der Waals surface area contributed by atoms with Gasteiger partial charge in [-0.25, -0.2) is 4.79 Å². The van der Waals surface area contributed by atoms with E-state index in [1.54, 1.807) is 19.1 Å². The smallest absolute Gasteiger partial charge is 0.336 e. The summed E-state index contributed by atoms with van der Waals surface area (Å²) in [5.74, 6) is -1.59. The van der Waals surface area contributed by atoms with Gasteiger partial charge in [0, 0.05) is 6.07 Å². The third-order valence-electron chi connectivity index (χ3n) is 3.41. The Balaban J connectivity index is 2.58. The number of benzene rings is 2. The third-order valence-corrected chi connectivity index (χ3v) is 3.41. The molecular weight excluding hydrogens is 298 g/mol. The average molecular weight is 313 g/mol. The number of carboxylic acid groups (broad SMARTS) is 1. The van der Waals surface area contributed by atoms with Crippen LogP contribution in [0.2, 0.25) is 0 Å². The normalized spacial score (nSPS) is 11.3. The van der Waals surface area contributed by atoms with Crippen molar-refractivity contribution in [2.75, 3.05) is 0 Å². The summed E-state index contributed by atoms with van der Waals surface area (Å²) in [5.41, 5.74) is 2.24. The van der Waals surface area contributed by atoms with Crippen molar-refractivity contribution in [2.45, 2.75) is 13.8 Å². The Morgan fingerprint density at radius 3 is 2.43 bits per heavy atom. The minimum absolute atomic E-state index is 0.0301. The molecule has 0 aliphatic carbocycles. The molecule has 0 atom stereocenters. The van der Waals surface area contributed by atoms with E-state index in [1.165, 1.54) is 18.2 Å². The number of rotatable bonds is 4. The number of carboxylic acids is 1. The van der Waals surface area contributed by atoms with Crippen LogP contribution in [0.25, 0.3) is 11.6 Å². The van der Waals surface area contributed by atoms with E-state index < -0.39 is 22.3 Å². The van der Waals surface area contributed by atoms with E-state index >= 15 is 0 Å². The molecule has 0 bridgehead atoms. The first-order valence-corrected chi connectivity index (χ1v) is 6.79. The number of nitrogens with zero attached hydrogens (tertiary/aromatic N) is 1. The van der Waals surface area contributed by atoms with E-state index in [-0.39, 0.29) is 5.57 Å². The molecule has 118 valence electrons. The van der Waals surface area contributed by atoms with Crippen LogP contribution >= 0.6 is 0 Å². The number of carbonyl (C=O) groups is 1. The highest BCUT2D eigenvalue weighted by molar-refractivity contribution is 6.21. The molecule has 2 aromatic rings. The van der Waals surface area contributed by atoms with Crippen molar-refractivity contribution in [1.82, 2.24) is 0 Å². The maximum Gasteiger partial charge on any atom is 0.336 e. The quantitative estimate of drug-likeness (QED) is 0.389. The monoisotopic (exact) mass is 313 g/mol. The van der Waals surface area contributed by atoms with E-state index in [2.05, 4.69) is 0 Å². The number of nitro groups is 1. The predicted octanol–water partition coefficient (Wildman–Crippen LogP) is 3.54. The van der Waals surface area contributed by atoms with Gasteiger partial charge in [-0.2, -0.15) is 0 Å². The van der Waals surface area contributed by atoms with E-state index in [4.69, 9.17) is 0 Å². The predicted molar refractivity (Wildman–Crippen MR) is 86.2 cm³/mol. The molecule has 2 N–H and O–H groups in total. The molecule has 0 heterocycles. The molecule has 0 saturated heterocycles. The zero-order valence-electron chi connectivity index (χ0n) is 12.6. The van der Waals surface area contributed by atoms with Gasteiger partial charge in [0.15, 0.2) is 5.75 Å². The zero-order valence-corrected chi connectivity index (χ0v) is 12.6. The van der Waals surface area contributed by atoms with E-state index in [0.717, 1.165) is 17.2 Å². The van der Waals surface area contributed by atoms with Gasteiger partial charge in [-0.3, -0.25) is 10.1 Å². The lowest BCUT2D eigenvalue weighted by Gasteiger charge is -2.08. The van der Waals surface area contributed by atoms with Crippen molar-refractivity contribution >= 4 is 23.3 Å². The second-order valence-corrected chi connectivity index (χ2v) is 5.19. The van der Waals surface area contributed by atoms with Gasteiger partial charge in [0.05, 0.1) is 10.5 Å². The molecule has 2 rings (SSSR count). The molecule has 0 radical (unpaired) electrons. The Kier molecular flexibility index (Phi) is 4.45. The van der Waals surface area contributed by atoms with Gasteiger partial charge < -0.3 is 10.2 Å². The third kappa shape index (κ3) is 3.55.